The first kappa shape index (κ1) is 10.1. The third-order valence-electron chi connectivity index (χ3n) is 3.00. The number of hydrogen-bond acceptors (Lipinski definition) is 3. The van der Waals surface area contributed by atoms with Gasteiger partial charge in [0.05, 0.1) is 5.60 Å². The molecule has 2 heterocycles. The molecule has 14 heavy (non-hydrogen) atoms. The Kier molecular flexibility index (Phi) is 2.21. The van der Waals surface area contributed by atoms with Gasteiger partial charge in [0, 0.05) is 24.6 Å². The van der Waals surface area contributed by atoms with E-state index in [1.165, 1.54) is 4.31 Å². The lowest BCUT2D eigenvalue weighted by Crippen LogP contribution is -2.34. The summed E-state index contributed by atoms with van der Waals surface area (Å²) in [4.78, 5) is 0. The number of rotatable bonds is 2. The van der Waals surface area contributed by atoms with Gasteiger partial charge in [0.1, 0.15) is 0 Å². The van der Waals surface area contributed by atoms with Crippen molar-refractivity contribution in [3.8, 4) is 0 Å². The minimum Gasteiger partial charge on any atom is -0.374 e. The number of fused-ring (bicyclic) bond motifs is 2. The summed E-state index contributed by atoms with van der Waals surface area (Å²) < 4.78 is 30.4. The summed E-state index contributed by atoms with van der Waals surface area (Å²) in [6.07, 6.45) is 1.60. The molecule has 5 heteroatoms. The maximum Gasteiger partial charge on any atom is 0.235 e. The van der Waals surface area contributed by atoms with Crippen LogP contribution >= 0.6 is 0 Å². The van der Waals surface area contributed by atoms with Crippen LogP contribution in [0.15, 0.2) is 12.0 Å². The Balaban J connectivity index is 2.29. The maximum atomic E-state index is 11.6. The van der Waals surface area contributed by atoms with Crippen LogP contribution in [0.3, 0.4) is 0 Å². The van der Waals surface area contributed by atoms with E-state index in [0.29, 0.717) is 13.2 Å². The lowest BCUT2D eigenvalue weighted by molar-refractivity contribution is -0.0373. The molecule has 0 amide bonds. The summed E-state index contributed by atoms with van der Waals surface area (Å²) in [5.74, 6) is 0. The third kappa shape index (κ3) is 1.49. The standard InChI is InChI=1S/C9H15NO3S/c1-3-14(11,12)10-7-9(2)6-8(10)4-5-13-9/h3,8H,1,4-7H2,2H3. The minimum absolute atomic E-state index is 0.108. The van der Waals surface area contributed by atoms with E-state index >= 15 is 0 Å². The highest BCUT2D eigenvalue weighted by Gasteiger charge is 2.48. The van der Waals surface area contributed by atoms with Gasteiger partial charge < -0.3 is 4.74 Å². The molecule has 0 aromatic rings. The van der Waals surface area contributed by atoms with E-state index in [4.69, 9.17) is 4.74 Å². The van der Waals surface area contributed by atoms with Crippen LogP contribution in [-0.2, 0) is 14.8 Å². The normalized spacial score (nSPS) is 38.5. The van der Waals surface area contributed by atoms with E-state index in [0.717, 1.165) is 18.2 Å². The van der Waals surface area contributed by atoms with Gasteiger partial charge in [-0.1, -0.05) is 6.58 Å². The van der Waals surface area contributed by atoms with Crippen LogP contribution in [0.2, 0.25) is 0 Å². The fourth-order valence-corrected chi connectivity index (χ4v) is 3.55. The summed E-state index contributed by atoms with van der Waals surface area (Å²) in [5.41, 5.74) is -0.279. The fourth-order valence-electron chi connectivity index (χ4n) is 2.31. The van der Waals surface area contributed by atoms with Crippen molar-refractivity contribution in [3.63, 3.8) is 0 Å². The number of nitrogens with zero attached hydrogens (tertiary/aromatic N) is 1. The summed E-state index contributed by atoms with van der Waals surface area (Å²) in [7, 11) is -3.27. The summed E-state index contributed by atoms with van der Waals surface area (Å²) >= 11 is 0. The fraction of sp³-hybridized carbons (Fsp3) is 0.778. The zero-order chi connectivity index (χ0) is 10.4. The molecule has 0 radical (unpaired) electrons. The Morgan fingerprint density at radius 2 is 2.36 bits per heavy atom. The van der Waals surface area contributed by atoms with E-state index in [1.54, 1.807) is 0 Å². The number of ether oxygens (including phenoxy) is 1. The molecule has 0 N–H and O–H groups in total. The van der Waals surface area contributed by atoms with Crippen molar-refractivity contribution in [2.45, 2.75) is 31.4 Å². The molecule has 2 atom stereocenters. The molecule has 2 aliphatic rings. The maximum absolute atomic E-state index is 11.6. The second kappa shape index (κ2) is 3.05. The number of hydrogen-bond donors (Lipinski definition) is 0. The van der Waals surface area contributed by atoms with E-state index < -0.39 is 10.0 Å². The monoisotopic (exact) mass is 217 g/mol. The van der Waals surface area contributed by atoms with Gasteiger partial charge in [-0.3, -0.25) is 0 Å². The van der Waals surface area contributed by atoms with Crippen LogP contribution in [0.5, 0.6) is 0 Å². The lowest BCUT2D eigenvalue weighted by atomic mass is 9.98. The zero-order valence-corrected chi connectivity index (χ0v) is 9.09. The highest BCUT2D eigenvalue weighted by Crippen LogP contribution is 2.37. The average molecular weight is 217 g/mol. The van der Waals surface area contributed by atoms with Crippen LogP contribution in [-0.4, -0.2) is 37.5 Å². The third-order valence-corrected chi connectivity index (χ3v) is 4.51. The van der Waals surface area contributed by atoms with Crippen molar-refractivity contribution in [1.29, 1.82) is 0 Å². The second-order valence-corrected chi connectivity index (χ2v) is 6.03. The van der Waals surface area contributed by atoms with Gasteiger partial charge in [0.2, 0.25) is 10.0 Å². The van der Waals surface area contributed by atoms with E-state index in [-0.39, 0.29) is 11.6 Å². The van der Waals surface area contributed by atoms with E-state index in [9.17, 15) is 8.42 Å². The first-order valence-electron chi connectivity index (χ1n) is 4.75. The van der Waals surface area contributed by atoms with Crippen LogP contribution in [0.1, 0.15) is 19.8 Å². The Morgan fingerprint density at radius 3 is 2.93 bits per heavy atom. The molecule has 2 rings (SSSR count). The van der Waals surface area contributed by atoms with Crippen LogP contribution in [0, 0.1) is 0 Å². The van der Waals surface area contributed by atoms with Gasteiger partial charge in [-0.2, -0.15) is 4.31 Å². The van der Waals surface area contributed by atoms with Gasteiger partial charge >= 0.3 is 0 Å². The first-order chi connectivity index (χ1) is 6.47. The summed E-state index contributed by atoms with van der Waals surface area (Å²) in [6.45, 7) is 6.43. The molecular weight excluding hydrogens is 202 g/mol. The van der Waals surface area contributed by atoms with Crippen molar-refractivity contribution >= 4 is 10.0 Å². The second-order valence-electron chi connectivity index (χ2n) is 4.20. The van der Waals surface area contributed by atoms with Crippen molar-refractivity contribution in [2.24, 2.45) is 0 Å². The van der Waals surface area contributed by atoms with Gasteiger partial charge in [-0.05, 0) is 19.8 Å². The average Bonchev–Trinajstić information content (AvgIpc) is 2.37. The Labute approximate surface area is 84.6 Å². The lowest BCUT2D eigenvalue weighted by Gasteiger charge is -2.27. The largest absolute Gasteiger partial charge is 0.374 e. The van der Waals surface area contributed by atoms with Crippen LogP contribution in [0.25, 0.3) is 0 Å². The molecule has 2 saturated heterocycles. The van der Waals surface area contributed by atoms with Crippen LogP contribution < -0.4 is 0 Å². The van der Waals surface area contributed by atoms with E-state index in [2.05, 4.69) is 6.58 Å². The summed E-state index contributed by atoms with van der Waals surface area (Å²) in [6, 6.07) is 0.108. The molecule has 2 bridgehead atoms. The minimum atomic E-state index is -3.27. The molecule has 2 fully saturated rings. The molecule has 0 spiro atoms. The SMILES string of the molecule is C=CS(=O)(=O)N1CC2(C)CC1CCO2. The van der Waals surface area contributed by atoms with Gasteiger partial charge in [0.15, 0.2) is 0 Å². The van der Waals surface area contributed by atoms with Crippen molar-refractivity contribution in [2.75, 3.05) is 13.2 Å². The Hall–Kier alpha value is -0.390. The molecule has 80 valence electrons. The predicted molar refractivity (Wildman–Crippen MR) is 53.2 cm³/mol. The Morgan fingerprint density at radius 1 is 1.64 bits per heavy atom. The molecule has 0 aromatic carbocycles. The molecule has 0 saturated carbocycles. The van der Waals surface area contributed by atoms with Crippen molar-refractivity contribution < 1.29 is 13.2 Å². The first-order valence-corrected chi connectivity index (χ1v) is 6.25. The quantitative estimate of drug-likeness (QED) is 0.684. The molecule has 0 aliphatic carbocycles. The highest BCUT2D eigenvalue weighted by atomic mass is 32.2. The molecule has 2 aliphatic heterocycles. The van der Waals surface area contributed by atoms with Crippen LogP contribution in [0.4, 0.5) is 0 Å². The number of sulfonamides is 1. The topological polar surface area (TPSA) is 46.6 Å². The predicted octanol–water partition coefficient (Wildman–Crippen LogP) is 0.713. The smallest absolute Gasteiger partial charge is 0.235 e. The van der Waals surface area contributed by atoms with Gasteiger partial charge in [-0.25, -0.2) is 8.42 Å². The zero-order valence-electron chi connectivity index (χ0n) is 8.27. The Bertz CT molecular complexity index is 351. The molecule has 0 aromatic heterocycles. The summed E-state index contributed by atoms with van der Waals surface area (Å²) in [5, 5.41) is 1.02. The van der Waals surface area contributed by atoms with Gasteiger partial charge in [-0.15, -0.1) is 0 Å². The van der Waals surface area contributed by atoms with Crippen molar-refractivity contribution in [3.05, 3.63) is 12.0 Å². The van der Waals surface area contributed by atoms with E-state index in [1.807, 2.05) is 6.92 Å². The van der Waals surface area contributed by atoms with Gasteiger partial charge in [0.25, 0.3) is 0 Å². The highest BCUT2D eigenvalue weighted by molar-refractivity contribution is 7.92. The molecule has 4 nitrogen and oxygen atoms in total. The molecular formula is C9H15NO3S. The van der Waals surface area contributed by atoms with Crippen molar-refractivity contribution in [1.82, 2.24) is 4.31 Å². The molecule has 2 unspecified atom stereocenters.